The van der Waals surface area contributed by atoms with Gasteiger partial charge in [-0.2, -0.15) is 0 Å². The average Bonchev–Trinajstić information content (AvgIpc) is 2.19. The summed E-state index contributed by atoms with van der Waals surface area (Å²) in [7, 11) is 0. The van der Waals surface area contributed by atoms with Gasteiger partial charge in [0.2, 0.25) is 0 Å². The number of ether oxygens (including phenoxy) is 1. The van der Waals surface area contributed by atoms with Crippen molar-refractivity contribution in [3.8, 4) is 5.75 Å². The zero-order valence-corrected chi connectivity index (χ0v) is 8.23. The number of hydrogen-bond donors (Lipinski definition) is 0. The van der Waals surface area contributed by atoms with E-state index in [9.17, 15) is 0 Å². The molecular weight excluding hydrogens is 174 g/mol. The fourth-order valence-electron chi connectivity index (χ4n) is 1.38. The van der Waals surface area contributed by atoms with E-state index in [1.807, 2.05) is 25.1 Å². The van der Waals surface area contributed by atoms with Crippen LogP contribution in [0, 0.1) is 6.92 Å². The van der Waals surface area contributed by atoms with Crippen LogP contribution >= 0.6 is 0 Å². The largest absolute Gasteiger partial charge is 0.458 e. The second-order valence-electron chi connectivity index (χ2n) is 3.32. The molecule has 0 unspecified atom stereocenters. The highest BCUT2D eigenvalue weighted by molar-refractivity contribution is 5.27. The number of hydrogen-bond acceptors (Lipinski definition) is 2. The average molecular weight is 187 g/mol. The Morgan fingerprint density at radius 1 is 1.36 bits per heavy atom. The fourth-order valence-corrected chi connectivity index (χ4v) is 1.38. The van der Waals surface area contributed by atoms with Gasteiger partial charge in [-0.25, -0.2) is 0 Å². The Labute approximate surface area is 83.9 Å². The Hall–Kier alpha value is -1.57. The van der Waals surface area contributed by atoms with Gasteiger partial charge in [0.1, 0.15) is 11.5 Å². The van der Waals surface area contributed by atoms with Gasteiger partial charge in [-0.05, 0) is 38.0 Å². The molecule has 0 N–H and O–H groups in total. The van der Waals surface area contributed by atoms with E-state index in [1.54, 1.807) is 6.20 Å². The standard InChI is InChI=1S/C12H13NO/c1-10-9-12(7-8-13-10)14-11-5-3-2-4-6-11/h3,5-9H,2,4H2,1H3. The summed E-state index contributed by atoms with van der Waals surface area (Å²) in [5.74, 6) is 1.79. The molecule has 0 saturated carbocycles. The normalized spacial score (nSPS) is 15.1. The summed E-state index contributed by atoms with van der Waals surface area (Å²) >= 11 is 0. The summed E-state index contributed by atoms with van der Waals surface area (Å²) < 4.78 is 5.67. The van der Waals surface area contributed by atoms with Gasteiger partial charge >= 0.3 is 0 Å². The van der Waals surface area contributed by atoms with E-state index >= 15 is 0 Å². The van der Waals surface area contributed by atoms with Crippen LogP contribution in [0.5, 0.6) is 5.75 Å². The number of rotatable bonds is 2. The topological polar surface area (TPSA) is 22.1 Å². The lowest BCUT2D eigenvalue weighted by Crippen LogP contribution is -1.95. The second-order valence-corrected chi connectivity index (χ2v) is 3.32. The first kappa shape index (κ1) is 9.00. The minimum absolute atomic E-state index is 0.857. The van der Waals surface area contributed by atoms with Crippen LogP contribution in [0.25, 0.3) is 0 Å². The van der Waals surface area contributed by atoms with Gasteiger partial charge in [-0.1, -0.05) is 6.08 Å². The highest BCUT2D eigenvalue weighted by Gasteiger charge is 2.00. The van der Waals surface area contributed by atoms with Crippen LogP contribution in [0.2, 0.25) is 0 Å². The molecule has 0 saturated heterocycles. The Morgan fingerprint density at radius 3 is 3.00 bits per heavy atom. The Kier molecular flexibility index (Phi) is 2.63. The number of allylic oxidation sites excluding steroid dienone is 3. The summed E-state index contributed by atoms with van der Waals surface area (Å²) in [6, 6.07) is 3.81. The third kappa shape index (κ3) is 2.22. The molecule has 2 rings (SSSR count). The molecule has 1 aliphatic carbocycles. The second kappa shape index (κ2) is 4.09. The van der Waals surface area contributed by atoms with E-state index in [4.69, 9.17) is 4.74 Å². The number of aromatic nitrogens is 1. The maximum absolute atomic E-state index is 5.67. The third-order valence-corrected chi connectivity index (χ3v) is 2.06. The summed E-state index contributed by atoms with van der Waals surface area (Å²) in [5, 5.41) is 0. The Morgan fingerprint density at radius 2 is 2.29 bits per heavy atom. The minimum Gasteiger partial charge on any atom is -0.458 e. The maximum Gasteiger partial charge on any atom is 0.130 e. The van der Waals surface area contributed by atoms with Crippen molar-refractivity contribution in [2.24, 2.45) is 0 Å². The van der Waals surface area contributed by atoms with Crippen LogP contribution in [-0.2, 0) is 0 Å². The molecule has 72 valence electrons. The SMILES string of the molecule is Cc1cc(OC2=CCCC=C2)ccn1. The Balaban J connectivity index is 2.10. The summed E-state index contributed by atoms with van der Waals surface area (Å²) in [5.41, 5.74) is 0.975. The lowest BCUT2D eigenvalue weighted by molar-refractivity contribution is 0.438. The van der Waals surface area contributed by atoms with Crippen LogP contribution in [0.15, 0.2) is 42.3 Å². The van der Waals surface area contributed by atoms with Crippen molar-refractivity contribution in [3.05, 3.63) is 48.0 Å². The van der Waals surface area contributed by atoms with Gasteiger partial charge in [0.05, 0.1) is 0 Å². The van der Waals surface area contributed by atoms with Crippen LogP contribution in [0.1, 0.15) is 18.5 Å². The molecule has 0 fully saturated rings. The fraction of sp³-hybridized carbons (Fsp3) is 0.250. The van der Waals surface area contributed by atoms with E-state index in [0.29, 0.717) is 0 Å². The van der Waals surface area contributed by atoms with E-state index in [2.05, 4.69) is 17.1 Å². The van der Waals surface area contributed by atoms with Crippen molar-refractivity contribution < 1.29 is 4.74 Å². The molecule has 1 aromatic rings. The zero-order valence-electron chi connectivity index (χ0n) is 8.23. The molecule has 0 aromatic carbocycles. The lowest BCUT2D eigenvalue weighted by atomic mass is 10.2. The van der Waals surface area contributed by atoms with Crippen LogP contribution in [0.3, 0.4) is 0 Å². The highest BCUT2D eigenvalue weighted by atomic mass is 16.5. The van der Waals surface area contributed by atoms with Crippen molar-refractivity contribution >= 4 is 0 Å². The van der Waals surface area contributed by atoms with Crippen LogP contribution in [0.4, 0.5) is 0 Å². The summed E-state index contributed by atoms with van der Waals surface area (Å²) in [4.78, 5) is 4.12. The minimum atomic E-state index is 0.857. The third-order valence-electron chi connectivity index (χ3n) is 2.06. The van der Waals surface area contributed by atoms with Crippen molar-refractivity contribution in [2.45, 2.75) is 19.8 Å². The molecule has 14 heavy (non-hydrogen) atoms. The molecule has 2 heteroatoms. The molecule has 0 amide bonds. The van der Waals surface area contributed by atoms with Crippen LogP contribution < -0.4 is 4.74 Å². The molecule has 1 heterocycles. The number of aryl methyl sites for hydroxylation is 1. The van der Waals surface area contributed by atoms with Crippen molar-refractivity contribution in [1.29, 1.82) is 0 Å². The first-order valence-electron chi connectivity index (χ1n) is 4.82. The molecule has 1 aliphatic rings. The van der Waals surface area contributed by atoms with Crippen molar-refractivity contribution in [1.82, 2.24) is 4.98 Å². The molecule has 0 spiro atoms. The van der Waals surface area contributed by atoms with Crippen molar-refractivity contribution in [3.63, 3.8) is 0 Å². The van der Waals surface area contributed by atoms with Crippen molar-refractivity contribution in [2.75, 3.05) is 0 Å². The number of pyridine rings is 1. The first-order valence-corrected chi connectivity index (χ1v) is 4.82. The van der Waals surface area contributed by atoms with E-state index in [0.717, 1.165) is 30.0 Å². The summed E-state index contributed by atoms with van der Waals surface area (Å²) in [6.45, 7) is 1.96. The first-order chi connectivity index (χ1) is 6.84. The molecule has 2 nitrogen and oxygen atoms in total. The molecule has 0 bridgehead atoms. The summed E-state index contributed by atoms with van der Waals surface area (Å²) in [6.07, 6.45) is 10.2. The van der Waals surface area contributed by atoms with Crippen LogP contribution in [-0.4, -0.2) is 4.98 Å². The number of nitrogens with zero attached hydrogens (tertiary/aromatic N) is 1. The van der Waals surface area contributed by atoms with E-state index in [1.165, 1.54) is 0 Å². The quantitative estimate of drug-likeness (QED) is 0.710. The lowest BCUT2D eigenvalue weighted by Gasteiger charge is -2.09. The highest BCUT2D eigenvalue weighted by Crippen LogP contribution is 2.17. The smallest absolute Gasteiger partial charge is 0.130 e. The van der Waals surface area contributed by atoms with Gasteiger partial charge < -0.3 is 4.74 Å². The Bertz CT molecular complexity index is 380. The van der Waals surface area contributed by atoms with Gasteiger partial charge in [0, 0.05) is 18.0 Å². The molecule has 1 aromatic heterocycles. The predicted molar refractivity (Wildman–Crippen MR) is 56.1 cm³/mol. The predicted octanol–water partition coefficient (Wildman–Crippen LogP) is 3.00. The van der Waals surface area contributed by atoms with E-state index in [-0.39, 0.29) is 0 Å². The molecule has 0 atom stereocenters. The monoisotopic (exact) mass is 187 g/mol. The van der Waals surface area contributed by atoms with Gasteiger partial charge in [0.15, 0.2) is 0 Å². The van der Waals surface area contributed by atoms with Gasteiger partial charge in [-0.15, -0.1) is 0 Å². The molecule has 0 radical (unpaired) electrons. The molecule has 0 aliphatic heterocycles. The molecular formula is C12H13NO. The van der Waals surface area contributed by atoms with Gasteiger partial charge in [-0.3, -0.25) is 4.98 Å². The maximum atomic E-state index is 5.67. The zero-order chi connectivity index (χ0) is 9.80. The van der Waals surface area contributed by atoms with Gasteiger partial charge in [0.25, 0.3) is 0 Å². The van der Waals surface area contributed by atoms with E-state index < -0.39 is 0 Å².